The summed E-state index contributed by atoms with van der Waals surface area (Å²) in [5, 5.41) is 0. The zero-order valence-corrected chi connectivity index (χ0v) is 13.1. The van der Waals surface area contributed by atoms with Gasteiger partial charge < -0.3 is 9.47 Å². The average molecular weight is 302 g/mol. The third-order valence-corrected chi connectivity index (χ3v) is 4.16. The molecule has 0 aromatic heterocycles. The van der Waals surface area contributed by atoms with Crippen LogP contribution in [-0.2, 0) is 19.1 Å². The summed E-state index contributed by atoms with van der Waals surface area (Å²) in [6.07, 6.45) is 3.57. The van der Waals surface area contributed by atoms with Gasteiger partial charge in [0.05, 0.1) is 20.1 Å². The Hall–Kier alpha value is -2.10. The van der Waals surface area contributed by atoms with Crippen molar-refractivity contribution >= 4 is 17.5 Å². The predicted molar refractivity (Wildman–Crippen MR) is 84.0 cm³/mol. The maximum absolute atomic E-state index is 12.0. The number of allylic oxidation sites excluding steroid dienone is 1. The van der Waals surface area contributed by atoms with E-state index >= 15 is 0 Å². The SMILES string of the molecule is COC(=O)CC/C(=C1/CCCC1C(=O)OC)c1ccccc1. The molecule has 0 aliphatic heterocycles. The Bertz CT molecular complexity index is 560. The lowest BCUT2D eigenvalue weighted by atomic mass is 9.90. The molecule has 118 valence electrons. The molecule has 22 heavy (non-hydrogen) atoms. The third-order valence-electron chi connectivity index (χ3n) is 4.16. The Labute approximate surface area is 131 Å². The number of hydrogen-bond acceptors (Lipinski definition) is 4. The van der Waals surface area contributed by atoms with Crippen LogP contribution in [0, 0.1) is 5.92 Å². The van der Waals surface area contributed by atoms with Crippen molar-refractivity contribution in [2.75, 3.05) is 14.2 Å². The summed E-state index contributed by atoms with van der Waals surface area (Å²) in [6.45, 7) is 0. The summed E-state index contributed by atoms with van der Waals surface area (Å²) in [4.78, 5) is 23.5. The Kier molecular flexibility index (Phi) is 5.75. The molecule has 1 unspecified atom stereocenters. The highest BCUT2D eigenvalue weighted by Crippen LogP contribution is 2.39. The topological polar surface area (TPSA) is 52.6 Å². The highest BCUT2D eigenvalue weighted by molar-refractivity contribution is 5.83. The number of carbonyl (C=O) groups excluding carboxylic acids is 2. The Morgan fingerprint density at radius 3 is 2.45 bits per heavy atom. The molecular formula is C18H22O4. The van der Waals surface area contributed by atoms with Crippen LogP contribution in [0.1, 0.15) is 37.7 Å². The standard InChI is InChI=1S/C18H22O4/c1-21-17(19)12-11-14(13-7-4-3-5-8-13)15-9-6-10-16(15)18(20)22-2/h3-5,7-8,16H,6,9-12H2,1-2H3/b15-14+. The fraction of sp³-hybridized carbons (Fsp3) is 0.444. The van der Waals surface area contributed by atoms with Gasteiger partial charge in [0, 0.05) is 6.42 Å². The van der Waals surface area contributed by atoms with E-state index in [1.165, 1.54) is 14.2 Å². The van der Waals surface area contributed by atoms with Gasteiger partial charge in [-0.05, 0) is 36.8 Å². The van der Waals surface area contributed by atoms with E-state index in [0.29, 0.717) is 12.8 Å². The zero-order chi connectivity index (χ0) is 15.9. The second kappa shape index (κ2) is 7.78. The summed E-state index contributed by atoms with van der Waals surface area (Å²) in [5.74, 6) is -0.599. The van der Waals surface area contributed by atoms with Gasteiger partial charge in [-0.1, -0.05) is 35.9 Å². The lowest BCUT2D eigenvalue weighted by Gasteiger charge is -2.16. The van der Waals surface area contributed by atoms with E-state index < -0.39 is 0 Å². The summed E-state index contributed by atoms with van der Waals surface area (Å²) in [6, 6.07) is 9.93. The van der Waals surface area contributed by atoms with Crippen molar-refractivity contribution in [3.63, 3.8) is 0 Å². The van der Waals surface area contributed by atoms with Crippen LogP contribution in [0.5, 0.6) is 0 Å². The number of carbonyl (C=O) groups is 2. The minimum absolute atomic E-state index is 0.181. The molecule has 1 fully saturated rings. The van der Waals surface area contributed by atoms with E-state index in [9.17, 15) is 9.59 Å². The van der Waals surface area contributed by atoms with E-state index in [-0.39, 0.29) is 17.9 Å². The molecule has 1 saturated carbocycles. The van der Waals surface area contributed by atoms with Crippen LogP contribution in [-0.4, -0.2) is 26.2 Å². The van der Waals surface area contributed by atoms with Crippen molar-refractivity contribution in [1.29, 1.82) is 0 Å². The monoisotopic (exact) mass is 302 g/mol. The highest BCUT2D eigenvalue weighted by atomic mass is 16.5. The van der Waals surface area contributed by atoms with Crippen LogP contribution in [0.4, 0.5) is 0 Å². The minimum Gasteiger partial charge on any atom is -0.469 e. The molecule has 1 aliphatic carbocycles. The molecule has 1 aliphatic rings. The van der Waals surface area contributed by atoms with Gasteiger partial charge in [0.1, 0.15) is 0 Å². The molecule has 0 saturated heterocycles. The van der Waals surface area contributed by atoms with Crippen LogP contribution in [0.15, 0.2) is 35.9 Å². The van der Waals surface area contributed by atoms with Crippen molar-refractivity contribution in [1.82, 2.24) is 0 Å². The van der Waals surface area contributed by atoms with Crippen molar-refractivity contribution in [2.24, 2.45) is 5.92 Å². The minimum atomic E-state index is -0.235. The summed E-state index contributed by atoms with van der Waals surface area (Å²) < 4.78 is 9.67. The fourth-order valence-corrected chi connectivity index (χ4v) is 3.07. The van der Waals surface area contributed by atoms with E-state index in [1.54, 1.807) is 0 Å². The summed E-state index contributed by atoms with van der Waals surface area (Å²) >= 11 is 0. The van der Waals surface area contributed by atoms with Crippen molar-refractivity contribution in [3.05, 3.63) is 41.5 Å². The second-order valence-electron chi connectivity index (χ2n) is 5.41. The second-order valence-corrected chi connectivity index (χ2v) is 5.41. The van der Waals surface area contributed by atoms with Crippen molar-refractivity contribution < 1.29 is 19.1 Å². The van der Waals surface area contributed by atoms with Gasteiger partial charge in [0.15, 0.2) is 0 Å². The van der Waals surface area contributed by atoms with E-state index in [2.05, 4.69) is 0 Å². The summed E-state index contributed by atoms with van der Waals surface area (Å²) in [7, 11) is 2.82. The Morgan fingerprint density at radius 2 is 1.82 bits per heavy atom. The van der Waals surface area contributed by atoms with Crippen LogP contribution in [0.2, 0.25) is 0 Å². The van der Waals surface area contributed by atoms with Gasteiger partial charge in [-0.2, -0.15) is 0 Å². The number of esters is 2. The fourth-order valence-electron chi connectivity index (χ4n) is 3.07. The molecule has 1 atom stereocenters. The molecule has 0 spiro atoms. The molecule has 1 aromatic carbocycles. The number of hydrogen-bond donors (Lipinski definition) is 0. The van der Waals surface area contributed by atoms with Gasteiger partial charge in [-0.25, -0.2) is 0 Å². The maximum atomic E-state index is 12.0. The van der Waals surface area contributed by atoms with Crippen molar-refractivity contribution in [3.8, 4) is 0 Å². The van der Waals surface area contributed by atoms with Gasteiger partial charge in [0.2, 0.25) is 0 Å². The van der Waals surface area contributed by atoms with E-state index in [1.807, 2.05) is 30.3 Å². The Balaban J connectivity index is 2.36. The first-order chi connectivity index (χ1) is 10.7. The van der Waals surface area contributed by atoms with E-state index in [0.717, 1.165) is 36.0 Å². The van der Waals surface area contributed by atoms with Gasteiger partial charge in [-0.3, -0.25) is 9.59 Å². The quantitative estimate of drug-likeness (QED) is 0.783. The van der Waals surface area contributed by atoms with Gasteiger partial charge >= 0.3 is 11.9 Å². The first kappa shape index (κ1) is 16.3. The summed E-state index contributed by atoms with van der Waals surface area (Å²) in [5.41, 5.74) is 3.26. The smallest absolute Gasteiger partial charge is 0.312 e. The third kappa shape index (κ3) is 3.75. The molecule has 0 radical (unpaired) electrons. The molecule has 4 heteroatoms. The first-order valence-corrected chi connectivity index (χ1v) is 7.59. The highest BCUT2D eigenvalue weighted by Gasteiger charge is 2.31. The maximum Gasteiger partial charge on any atom is 0.312 e. The number of benzene rings is 1. The van der Waals surface area contributed by atoms with Crippen LogP contribution in [0.3, 0.4) is 0 Å². The molecule has 1 aromatic rings. The molecule has 0 heterocycles. The van der Waals surface area contributed by atoms with Crippen LogP contribution in [0.25, 0.3) is 5.57 Å². The predicted octanol–water partition coefficient (Wildman–Crippen LogP) is 3.37. The van der Waals surface area contributed by atoms with Gasteiger partial charge in [0.25, 0.3) is 0 Å². The molecule has 0 bridgehead atoms. The normalized spacial score (nSPS) is 19.6. The molecule has 0 N–H and O–H groups in total. The van der Waals surface area contributed by atoms with Crippen LogP contribution >= 0.6 is 0 Å². The zero-order valence-electron chi connectivity index (χ0n) is 13.1. The number of ether oxygens (including phenoxy) is 2. The van der Waals surface area contributed by atoms with Gasteiger partial charge in [-0.15, -0.1) is 0 Å². The van der Waals surface area contributed by atoms with Crippen molar-refractivity contribution in [2.45, 2.75) is 32.1 Å². The molecular weight excluding hydrogens is 280 g/mol. The number of methoxy groups -OCH3 is 2. The number of rotatable bonds is 5. The first-order valence-electron chi connectivity index (χ1n) is 7.59. The van der Waals surface area contributed by atoms with E-state index in [4.69, 9.17) is 9.47 Å². The Morgan fingerprint density at radius 1 is 1.09 bits per heavy atom. The largest absolute Gasteiger partial charge is 0.469 e. The van der Waals surface area contributed by atoms with Crippen LogP contribution < -0.4 is 0 Å². The molecule has 2 rings (SSSR count). The lowest BCUT2D eigenvalue weighted by Crippen LogP contribution is -2.15. The lowest BCUT2D eigenvalue weighted by molar-refractivity contribution is -0.144. The average Bonchev–Trinajstić information content (AvgIpc) is 3.04. The molecule has 4 nitrogen and oxygen atoms in total. The molecule has 0 amide bonds.